The standard InChI is InChI=1S/C4H2N2O2.C4H2N2OS/c2*1-3-4(8-6-1)7-2-5-3/h2*1-2H. The number of nitrogens with zero attached hydrogens (tertiary/aromatic N) is 4. The van der Waals surface area contributed by atoms with Crippen LogP contribution in [-0.4, -0.2) is 19.5 Å². The number of hydrogen-bond donors (Lipinski definition) is 0. The van der Waals surface area contributed by atoms with Gasteiger partial charge < -0.3 is 13.4 Å². The molecule has 0 atom stereocenters. The molecule has 4 aromatic rings. The molecule has 0 radical (unpaired) electrons. The summed E-state index contributed by atoms with van der Waals surface area (Å²) < 4.78 is 18.0. The van der Waals surface area contributed by atoms with Crippen LogP contribution in [0, 0.1) is 0 Å². The Morgan fingerprint density at radius 1 is 1.00 bits per heavy atom. The normalized spacial score (nSPS) is 10.5. The van der Waals surface area contributed by atoms with E-state index in [9.17, 15) is 0 Å². The minimum absolute atomic E-state index is 0.380. The molecule has 0 aliphatic rings. The van der Waals surface area contributed by atoms with Crippen molar-refractivity contribution in [2.24, 2.45) is 0 Å². The summed E-state index contributed by atoms with van der Waals surface area (Å²) in [5.41, 5.74) is 1.50. The monoisotopic (exact) mass is 236 g/mol. The highest BCUT2D eigenvalue weighted by Gasteiger charge is 1.98. The highest BCUT2D eigenvalue weighted by Crippen LogP contribution is 2.14. The van der Waals surface area contributed by atoms with Crippen LogP contribution in [0.15, 0.2) is 38.5 Å². The molecular formula is C8H4N4O3S. The van der Waals surface area contributed by atoms with Gasteiger partial charge in [0, 0.05) is 11.5 Å². The number of rotatable bonds is 0. The first-order valence-corrected chi connectivity index (χ1v) is 4.98. The van der Waals surface area contributed by atoms with E-state index in [1.807, 2.05) is 0 Å². The lowest BCUT2D eigenvalue weighted by Gasteiger charge is -1.61. The van der Waals surface area contributed by atoms with Gasteiger partial charge >= 0.3 is 5.78 Å². The van der Waals surface area contributed by atoms with E-state index in [4.69, 9.17) is 8.83 Å². The molecule has 0 saturated carbocycles. The fourth-order valence-corrected chi connectivity index (χ4v) is 1.58. The minimum atomic E-state index is 0.380. The zero-order valence-corrected chi connectivity index (χ0v) is 8.55. The molecule has 16 heavy (non-hydrogen) atoms. The second-order valence-electron chi connectivity index (χ2n) is 2.70. The predicted molar refractivity (Wildman–Crippen MR) is 53.8 cm³/mol. The highest BCUT2D eigenvalue weighted by atomic mass is 32.1. The average Bonchev–Trinajstić information content (AvgIpc) is 2.99. The number of oxazole rings is 2. The quantitative estimate of drug-likeness (QED) is 0.461. The topological polar surface area (TPSA) is 91.0 Å². The number of hydrogen-bond acceptors (Lipinski definition) is 8. The zero-order chi connectivity index (χ0) is 10.8. The molecule has 0 aliphatic heterocycles. The Hall–Kier alpha value is -2.22. The minimum Gasteiger partial charge on any atom is -0.431 e. The summed E-state index contributed by atoms with van der Waals surface area (Å²) in [5.74, 6) is 0.380. The van der Waals surface area contributed by atoms with Gasteiger partial charge in [-0.15, -0.1) is 0 Å². The van der Waals surface area contributed by atoms with Crippen LogP contribution in [0.2, 0.25) is 0 Å². The van der Waals surface area contributed by atoms with E-state index in [2.05, 4.69) is 24.0 Å². The summed E-state index contributed by atoms with van der Waals surface area (Å²) >= 11 is 1.31. The van der Waals surface area contributed by atoms with Crippen molar-refractivity contribution in [3.8, 4) is 0 Å². The third-order valence-electron chi connectivity index (χ3n) is 1.74. The molecule has 0 spiro atoms. The van der Waals surface area contributed by atoms with E-state index < -0.39 is 0 Å². The highest BCUT2D eigenvalue weighted by molar-refractivity contribution is 7.12. The van der Waals surface area contributed by atoms with Gasteiger partial charge in [0.2, 0.25) is 4.90 Å². The third kappa shape index (κ3) is 1.54. The fourth-order valence-electron chi connectivity index (χ4n) is 1.05. The molecule has 0 aromatic carbocycles. The molecule has 80 valence electrons. The van der Waals surface area contributed by atoms with Crippen molar-refractivity contribution in [3.63, 3.8) is 0 Å². The summed E-state index contributed by atoms with van der Waals surface area (Å²) in [6, 6.07) is 0. The van der Waals surface area contributed by atoms with Crippen molar-refractivity contribution in [1.82, 2.24) is 19.5 Å². The van der Waals surface area contributed by atoms with Gasteiger partial charge in [-0.05, 0) is 0 Å². The molecule has 0 N–H and O–H groups in total. The summed E-state index contributed by atoms with van der Waals surface area (Å²) in [7, 11) is 0. The second-order valence-corrected chi connectivity index (χ2v) is 3.47. The Morgan fingerprint density at radius 3 is 2.75 bits per heavy atom. The van der Waals surface area contributed by atoms with Crippen LogP contribution in [0.1, 0.15) is 0 Å². The first-order chi connectivity index (χ1) is 7.93. The van der Waals surface area contributed by atoms with E-state index in [1.165, 1.54) is 30.5 Å². The van der Waals surface area contributed by atoms with Crippen LogP contribution < -0.4 is 0 Å². The van der Waals surface area contributed by atoms with Gasteiger partial charge in [-0.2, -0.15) is 4.37 Å². The molecule has 4 aromatic heterocycles. The van der Waals surface area contributed by atoms with E-state index in [1.54, 1.807) is 6.20 Å². The predicted octanol–water partition coefficient (Wildman–Crippen LogP) is 2.10. The van der Waals surface area contributed by atoms with E-state index in [0.717, 1.165) is 10.4 Å². The Balaban J connectivity index is 0.000000101. The maximum absolute atomic E-state index is 4.90. The maximum Gasteiger partial charge on any atom is 0.343 e. The molecule has 7 nitrogen and oxygen atoms in total. The summed E-state index contributed by atoms with van der Waals surface area (Å²) in [4.78, 5) is 8.41. The summed E-state index contributed by atoms with van der Waals surface area (Å²) in [5, 5.41) is 3.43. The molecular weight excluding hydrogens is 232 g/mol. The first kappa shape index (κ1) is 9.04. The maximum atomic E-state index is 4.90. The Labute approximate surface area is 91.9 Å². The number of aromatic nitrogens is 4. The van der Waals surface area contributed by atoms with Gasteiger partial charge in [0.15, 0.2) is 18.3 Å². The van der Waals surface area contributed by atoms with Gasteiger partial charge in [-0.3, -0.25) is 0 Å². The van der Waals surface area contributed by atoms with Gasteiger partial charge in [-0.25, -0.2) is 9.97 Å². The molecule has 4 heterocycles. The van der Waals surface area contributed by atoms with Crippen LogP contribution in [0.4, 0.5) is 0 Å². The summed E-state index contributed by atoms with van der Waals surface area (Å²) in [6.07, 6.45) is 5.92. The fraction of sp³-hybridized carbons (Fsp3) is 0. The van der Waals surface area contributed by atoms with Gasteiger partial charge in [-0.1, -0.05) is 5.16 Å². The Morgan fingerprint density at radius 2 is 1.88 bits per heavy atom. The zero-order valence-electron chi connectivity index (χ0n) is 7.73. The molecule has 4 rings (SSSR count). The lowest BCUT2D eigenvalue weighted by atomic mass is 10.7. The number of fused-ring (bicyclic) bond motifs is 2. The van der Waals surface area contributed by atoms with Crippen molar-refractivity contribution in [2.75, 3.05) is 0 Å². The molecule has 0 fully saturated rings. The van der Waals surface area contributed by atoms with Crippen LogP contribution in [-0.2, 0) is 0 Å². The van der Waals surface area contributed by atoms with Crippen molar-refractivity contribution in [1.29, 1.82) is 0 Å². The molecule has 0 bridgehead atoms. The van der Waals surface area contributed by atoms with Crippen molar-refractivity contribution in [3.05, 3.63) is 25.2 Å². The molecule has 0 amide bonds. The second kappa shape index (κ2) is 3.74. The third-order valence-corrected chi connectivity index (χ3v) is 2.42. The molecule has 8 heteroatoms. The van der Waals surface area contributed by atoms with Crippen molar-refractivity contribution in [2.45, 2.75) is 0 Å². The summed E-state index contributed by atoms with van der Waals surface area (Å²) in [6.45, 7) is 0. The van der Waals surface area contributed by atoms with Gasteiger partial charge in [0.25, 0.3) is 0 Å². The molecule has 0 aliphatic carbocycles. The first-order valence-electron chi connectivity index (χ1n) is 4.21. The van der Waals surface area contributed by atoms with Crippen LogP contribution >= 0.6 is 11.5 Å². The van der Waals surface area contributed by atoms with E-state index >= 15 is 0 Å². The Kier molecular flexibility index (Phi) is 2.11. The van der Waals surface area contributed by atoms with E-state index in [-0.39, 0.29) is 0 Å². The smallest absolute Gasteiger partial charge is 0.343 e. The van der Waals surface area contributed by atoms with Crippen LogP contribution in [0.25, 0.3) is 21.7 Å². The average molecular weight is 236 g/mol. The molecule has 0 saturated heterocycles. The molecule has 0 unspecified atom stereocenters. The SMILES string of the molecule is c1nc2cnoc2o1.c1nc2cnsc2o1. The van der Waals surface area contributed by atoms with Crippen molar-refractivity contribution < 1.29 is 13.4 Å². The van der Waals surface area contributed by atoms with Crippen LogP contribution in [0.5, 0.6) is 0 Å². The largest absolute Gasteiger partial charge is 0.431 e. The van der Waals surface area contributed by atoms with E-state index in [0.29, 0.717) is 11.3 Å². The Bertz CT molecular complexity index is 531. The van der Waals surface area contributed by atoms with Crippen molar-refractivity contribution >= 4 is 33.2 Å². The van der Waals surface area contributed by atoms with Gasteiger partial charge in [0.05, 0.1) is 6.20 Å². The van der Waals surface area contributed by atoms with Crippen LogP contribution in [0.3, 0.4) is 0 Å². The lowest BCUT2D eigenvalue weighted by molar-refractivity contribution is 0.386. The van der Waals surface area contributed by atoms with Gasteiger partial charge in [0.1, 0.15) is 11.7 Å². The lowest BCUT2D eigenvalue weighted by Crippen LogP contribution is -1.52.